The predicted molar refractivity (Wildman–Crippen MR) is 69.7 cm³/mol. The van der Waals surface area contributed by atoms with E-state index in [-0.39, 0.29) is 0 Å². The number of aliphatic hydroxyl groups is 1. The van der Waals surface area contributed by atoms with Gasteiger partial charge in [0.1, 0.15) is 5.02 Å². The van der Waals surface area contributed by atoms with Crippen LogP contribution in [-0.4, -0.2) is 22.3 Å². The first-order valence-corrected chi connectivity index (χ1v) is 6.90. The highest BCUT2D eigenvalue weighted by Gasteiger charge is 2.51. The Morgan fingerprint density at radius 1 is 1.56 bits per heavy atom. The molecule has 4 atom stereocenters. The zero-order chi connectivity index (χ0) is 12.8. The van der Waals surface area contributed by atoms with Crippen molar-refractivity contribution < 1.29 is 9.84 Å². The maximum absolute atomic E-state index is 10.2. The Labute approximate surface area is 112 Å². The summed E-state index contributed by atoms with van der Waals surface area (Å²) in [5, 5.41) is 10.7. The van der Waals surface area contributed by atoms with Crippen LogP contribution in [0.25, 0.3) is 0 Å². The number of hydrogen-bond acceptors (Lipinski definition) is 3. The number of pyridine rings is 1. The smallest absolute Gasteiger partial charge is 0.232 e. The van der Waals surface area contributed by atoms with E-state index in [9.17, 15) is 5.11 Å². The van der Waals surface area contributed by atoms with Crippen LogP contribution in [0.5, 0.6) is 5.88 Å². The first kappa shape index (κ1) is 12.2. The fourth-order valence-electron chi connectivity index (χ4n) is 3.53. The van der Waals surface area contributed by atoms with Crippen LogP contribution in [0, 0.1) is 17.8 Å². The Bertz CT molecular complexity index is 449. The van der Waals surface area contributed by atoms with Gasteiger partial charge in [-0.25, -0.2) is 4.98 Å². The lowest BCUT2D eigenvalue weighted by Gasteiger charge is -2.32. The molecule has 0 radical (unpaired) electrons. The van der Waals surface area contributed by atoms with Gasteiger partial charge in [0.2, 0.25) is 5.88 Å². The highest BCUT2D eigenvalue weighted by Crippen LogP contribution is 2.53. The zero-order valence-corrected chi connectivity index (χ0v) is 11.2. The average Bonchev–Trinajstić information content (AvgIpc) is 2.83. The zero-order valence-electron chi connectivity index (χ0n) is 10.5. The predicted octanol–water partition coefficient (Wildman–Crippen LogP) is 2.91. The summed E-state index contributed by atoms with van der Waals surface area (Å²) in [6.45, 7) is 2.62. The SMILES string of the molecule is C[C@@]1(O)C[C@@H]2C[C@@H]1C[C@@H]2COc1ncccc1Cl. The van der Waals surface area contributed by atoms with Crippen LogP contribution >= 0.6 is 11.6 Å². The maximum atomic E-state index is 10.2. The van der Waals surface area contributed by atoms with Gasteiger partial charge in [0, 0.05) is 6.20 Å². The van der Waals surface area contributed by atoms with E-state index in [2.05, 4.69) is 4.98 Å². The van der Waals surface area contributed by atoms with Crippen molar-refractivity contribution in [3.63, 3.8) is 0 Å². The number of halogens is 1. The van der Waals surface area contributed by atoms with Crippen LogP contribution in [0.2, 0.25) is 5.02 Å². The minimum atomic E-state index is -0.455. The van der Waals surface area contributed by atoms with Crippen LogP contribution < -0.4 is 4.74 Å². The second-order valence-corrected chi connectivity index (χ2v) is 6.26. The third-order valence-electron chi connectivity index (χ3n) is 4.55. The molecule has 2 saturated carbocycles. The summed E-state index contributed by atoms with van der Waals surface area (Å²) < 4.78 is 5.72. The number of fused-ring (bicyclic) bond motifs is 2. The van der Waals surface area contributed by atoms with Gasteiger partial charge < -0.3 is 9.84 Å². The number of hydrogen-bond donors (Lipinski definition) is 1. The molecule has 2 aliphatic rings. The molecule has 0 aliphatic heterocycles. The van der Waals surface area contributed by atoms with Gasteiger partial charge in [0.05, 0.1) is 12.2 Å². The van der Waals surface area contributed by atoms with Gasteiger partial charge in [-0.3, -0.25) is 0 Å². The minimum absolute atomic E-state index is 0.440. The highest BCUT2D eigenvalue weighted by atomic mass is 35.5. The van der Waals surface area contributed by atoms with Gasteiger partial charge in [-0.1, -0.05) is 11.6 Å². The topological polar surface area (TPSA) is 42.4 Å². The Morgan fingerprint density at radius 2 is 2.39 bits per heavy atom. The molecule has 0 spiro atoms. The van der Waals surface area contributed by atoms with Crippen molar-refractivity contribution in [2.24, 2.45) is 17.8 Å². The molecule has 1 aromatic heterocycles. The molecule has 18 heavy (non-hydrogen) atoms. The summed E-state index contributed by atoms with van der Waals surface area (Å²) in [6, 6.07) is 3.58. The molecule has 3 rings (SSSR count). The van der Waals surface area contributed by atoms with E-state index in [1.165, 1.54) is 0 Å². The molecule has 1 aromatic rings. The second kappa shape index (κ2) is 4.39. The van der Waals surface area contributed by atoms with E-state index in [0.29, 0.717) is 35.3 Å². The Balaban J connectivity index is 1.59. The lowest BCUT2D eigenvalue weighted by atomic mass is 9.80. The molecule has 1 heterocycles. The van der Waals surface area contributed by atoms with Gasteiger partial charge in [0.25, 0.3) is 0 Å². The molecule has 3 nitrogen and oxygen atoms in total. The Hall–Kier alpha value is -0.800. The standard InChI is InChI=1S/C14H18ClNO2/c1-14(17)7-9-5-11(14)6-10(9)8-18-13-12(15)3-2-4-16-13/h2-4,9-11,17H,5-8H2,1H3/t9-,10+,11+,14+/m0/s1. The summed E-state index contributed by atoms with van der Waals surface area (Å²) in [7, 11) is 0. The van der Waals surface area contributed by atoms with E-state index in [4.69, 9.17) is 16.3 Å². The summed E-state index contributed by atoms with van der Waals surface area (Å²) >= 11 is 6.01. The van der Waals surface area contributed by atoms with Crippen LogP contribution in [-0.2, 0) is 0 Å². The Morgan fingerprint density at radius 3 is 3.00 bits per heavy atom. The van der Waals surface area contributed by atoms with Gasteiger partial charge in [-0.15, -0.1) is 0 Å². The lowest BCUT2D eigenvalue weighted by molar-refractivity contribution is -0.0121. The number of nitrogens with zero attached hydrogens (tertiary/aromatic N) is 1. The van der Waals surface area contributed by atoms with E-state index in [1.807, 2.05) is 6.92 Å². The quantitative estimate of drug-likeness (QED) is 0.916. The summed E-state index contributed by atoms with van der Waals surface area (Å²) in [4.78, 5) is 4.13. The van der Waals surface area contributed by atoms with Gasteiger partial charge >= 0.3 is 0 Å². The van der Waals surface area contributed by atoms with Gasteiger partial charge in [-0.05, 0) is 56.1 Å². The molecule has 0 unspecified atom stereocenters. The first-order chi connectivity index (χ1) is 8.56. The van der Waals surface area contributed by atoms with Crippen LogP contribution in [0.15, 0.2) is 18.3 Å². The average molecular weight is 268 g/mol. The minimum Gasteiger partial charge on any atom is -0.476 e. The van der Waals surface area contributed by atoms with Gasteiger partial charge in [-0.2, -0.15) is 0 Å². The maximum Gasteiger partial charge on any atom is 0.232 e. The van der Waals surface area contributed by atoms with E-state index in [1.54, 1.807) is 18.3 Å². The van der Waals surface area contributed by atoms with Crippen LogP contribution in [0.1, 0.15) is 26.2 Å². The van der Waals surface area contributed by atoms with E-state index >= 15 is 0 Å². The summed E-state index contributed by atoms with van der Waals surface area (Å²) in [6.07, 6.45) is 4.79. The normalized spacial score (nSPS) is 38.1. The fraction of sp³-hybridized carbons (Fsp3) is 0.643. The largest absolute Gasteiger partial charge is 0.476 e. The molecule has 0 amide bonds. The lowest BCUT2D eigenvalue weighted by Crippen LogP contribution is -2.35. The molecule has 2 bridgehead atoms. The summed E-state index contributed by atoms with van der Waals surface area (Å²) in [5.41, 5.74) is -0.455. The van der Waals surface area contributed by atoms with Crippen molar-refractivity contribution in [1.29, 1.82) is 0 Å². The number of aromatic nitrogens is 1. The first-order valence-electron chi connectivity index (χ1n) is 6.52. The molecular formula is C14H18ClNO2. The molecule has 2 fully saturated rings. The van der Waals surface area contributed by atoms with Crippen LogP contribution in [0.4, 0.5) is 0 Å². The van der Waals surface area contributed by atoms with Gasteiger partial charge in [0.15, 0.2) is 0 Å². The number of ether oxygens (including phenoxy) is 1. The van der Waals surface area contributed by atoms with Crippen molar-refractivity contribution >= 4 is 11.6 Å². The van der Waals surface area contributed by atoms with Crippen molar-refractivity contribution in [2.75, 3.05) is 6.61 Å². The highest BCUT2D eigenvalue weighted by molar-refractivity contribution is 6.31. The Kier molecular flexibility index (Phi) is 2.99. The second-order valence-electron chi connectivity index (χ2n) is 5.85. The molecule has 0 aromatic carbocycles. The van der Waals surface area contributed by atoms with E-state index < -0.39 is 5.60 Å². The van der Waals surface area contributed by atoms with Crippen LogP contribution in [0.3, 0.4) is 0 Å². The molecule has 0 saturated heterocycles. The van der Waals surface area contributed by atoms with Crippen molar-refractivity contribution in [3.05, 3.63) is 23.4 Å². The molecule has 4 heteroatoms. The molecular weight excluding hydrogens is 250 g/mol. The molecule has 98 valence electrons. The van der Waals surface area contributed by atoms with E-state index in [0.717, 1.165) is 19.3 Å². The molecule has 1 N–H and O–H groups in total. The summed E-state index contributed by atoms with van der Waals surface area (Å²) in [5.74, 6) is 2.09. The fourth-order valence-corrected chi connectivity index (χ4v) is 3.71. The van der Waals surface area contributed by atoms with Crippen molar-refractivity contribution in [2.45, 2.75) is 31.8 Å². The van der Waals surface area contributed by atoms with Crippen molar-refractivity contribution in [1.82, 2.24) is 4.98 Å². The van der Waals surface area contributed by atoms with Crippen molar-refractivity contribution in [3.8, 4) is 5.88 Å². The monoisotopic (exact) mass is 267 g/mol. The number of rotatable bonds is 3. The third-order valence-corrected chi connectivity index (χ3v) is 4.84. The third kappa shape index (κ3) is 2.10. The molecule has 2 aliphatic carbocycles.